The Kier molecular flexibility index (Phi) is 3.60. The number of rotatable bonds is 4. The predicted molar refractivity (Wildman–Crippen MR) is 63.7 cm³/mol. The molecule has 88 valence electrons. The molecule has 0 saturated carbocycles. The van der Waals surface area contributed by atoms with Gasteiger partial charge in [-0.1, -0.05) is 24.3 Å². The maximum atomic E-state index is 13.3. The molecule has 2 aromatic rings. The summed E-state index contributed by atoms with van der Waals surface area (Å²) in [5.74, 6) is 0.672. The number of hydrogen-bond acceptors (Lipinski definition) is 2. The largest absolute Gasteiger partial charge is 0.497 e. The van der Waals surface area contributed by atoms with Crippen molar-refractivity contribution in [2.24, 2.45) is 0 Å². The molecule has 0 saturated heterocycles. The van der Waals surface area contributed by atoms with E-state index in [1.165, 1.54) is 6.07 Å². The average molecular weight is 232 g/mol. The Morgan fingerprint density at radius 2 is 1.88 bits per heavy atom. The molecule has 17 heavy (non-hydrogen) atoms. The maximum Gasteiger partial charge on any atom is 0.165 e. The lowest BCUT2D eigenvalue weighted by molar-refractivity contribution is 0.289. The van der Waals surface area contributed by atoms with Gasteiger partial charge < -0.3 is 9.47 Å². The van der Waals surface area contributed by atoms with E-state index in [1.54, 1.807) is 25.3 Å². The number of hydrogen-bond donors (Lipinski definition) is 0. The first-order valence-electron chi connectivity index (χ1n) is 5.30. The maximum absolute atomic E-state index is 13.3. The van der Waals surface area contributed by atoms with Gasteiger partial charge in [0.2, 0.25) is 0 Å². The topological polar surface area (TPSA) is 18.5 Å². The molecule has 0 aliphatic carbocycles. The van der Waals surface area contributed by atoms with Gasteiger partial charge in [-0.05, 0) is 29.8 Å². The molecular weight excluding hydrogens is 219 g/mol. The molecule has 0 atom stereocenters. The molecule has 0 aliphatic rings. The summed E-state index contributed by atoms with van der Waals surface area (Å²) in [4.78, 5) is 0. The zero-order chi connectivity index (χ0) is 12.1. The minimum atomic E-state index is -0.351. The Labute approximate surface area is 99.6 Å². The molecule has 2 nitrogen and oxygen atoms in total. The predicted octanol–water partition coefficient (Wildman–Crippen LogP) is 3.41. The fraction of sp³-hybridized carbons (Fsp3) is 0.143. The molecule has 0 fully saturated rings. The highest BCUT2D eigenvalue weighted by molar-refractivity contribution is 5.29. The zero-order valence-corrected chi connectivity index (χ0v) is 9.52. The zero-order valence-electron chi connectivity index (χ0n) is 9.52. The molecule has 0 amide bonds. The molecule has 0 spiro atoms. The van der Waals surface area contributed by atoms with Crippen molar-refractivity contribution < 1.29 is 13.9 Å². The minimum Gasteiger partial charge on any atom is -0.497 e. The van der Waals surface area contributed by atoms with E-state index in [1.807, 2.05) is 24.3 Å². The second-order valence-corrected chi connectivity index (χ2v) is 3.57. The van der Waals surface area contributed by atoms with Gasteiger partial charge in [0, 0.05) is 0 Å². The Morgan fingerprint density at radius 1 is 1.06 bits per heavy atom. The quantitative estimate of drug-likeness (QED) is 0.804. The van der Waals surface area contributed by atoms with Crippen LogP contribution in [0, 0.1) is 5.82 Å². The third-order valence-corrected chi connectivity index (χ3v) is 2.37. The lowest BCUT2D eigenvalue weighted by atomic mass is 10.2. The first-order valence-corrected chi connectivity index (χ1v) is 5.30. The second kappa shape index (κ2) is 5.34. The van der Waals surface area contributed by atoms with E-state index in [0.717, 1.165) is 11.3 Å². The molecule has 0 unspecified atom stereocenters. The summed E-state index contributed by atoms with van der Waals surface area (Å²) >= 11 is 0. The fourth-order valence-electron chi connectivity index (χ4n) is 1.49. The van der Waals surface area contributed by atoms with Gasteiger partial charge in [-0.15, -0.1) is 0 Å². The van der Waals surface area contributed by atoms with Crippen molar-refractivity contribution in [1.29, 1.82) is 0 Å². The highest BCUT2D eigenvalue weighted by Gasteiger charge is 2.02. The molecule has 2 rings (SSSR count). The summed E-state index contributed by atoms with van der Waals surface area (Å²) in [6, 6.07) is 13.9. The van der Waals surface area contributed by atoms with Crippen LogP contribution < -0.4 is 9.47 Å². The standard InChI is InChI=1S/C14H13FO2/c1-16-12-6-4-5-11(9-12)10-17-14-8-3-2-7-13(14)15/h2-9H,10H2,1H3. The van der Waals surface area contributed by atoms with Crippen LogP contribution in [0.3, 0.4) is 0 Å². The molecule has 0 N–H and O–H groups in total. The molecule has 0 aliphatic heterocycles. The van der Waals surface area contributed by atoms with Gasteiger partial charge in [0.15, 0.2) is 11.6 Å². The monoisotopic (exact) mass is 232 g/mol. The van der Waals surface area contributed by atoms with Gasteiger partial charge >= 0.3 is 0 Å². The van der Waals surface area contributed by atoms with Crippen molar-refractivity contribution in [3.05, 3.63) is 59.9 Å². The molecule has 0 radical (unpaired) electrons. The summed E-state index contributed by atoms with van der Waals surface area (Å²) < 4.78 is 23.8. The van der Waals surface area contributed by atoms with Crippen LogP contribution >= 0.6 is 0 Å². The van der Waals surface area contributed by atoms with Crippen molar-refractivity contribution in [2.75, 3.05) is 7.11 Å². The van der Waals surface area contributed by atoms with Crippen molar-refractivity contribution in [3.63, 3.8) is 0 Å². The minimum absolute atomic E-state index is 0.260. The van der Waals surface area contributed by atoms with Crippen LogP contribution in [0.25, 0.3) is 0 Å². The highest BCUT2D eigenvalue weighted by Crippen LogP contribution is 2.18. The van der Waals surface area contributed by atoms with Crippen LogP contribution in [0.5, 0.6) is 11.5 Å². The van der Waals surface area contributed by atoms with Crippen LogP contribution in [0.4, 0.5) is 4.39 Å². The normalized spacial score (nSPS) is 10.0. The van der Waals surface area contributed by atoms with E-state index >= 15 is 0 Å². The average Bonchev–Trinajstić information content (AvgIpc) is 2.38. The van der Waals surface area contributed by atoms with Crippen molar-refractivity contribution in [2.45, 2.75) is 6.61 Å². The van der Waals surface area contributed by atoms with Gasteiger partial charge in [-0.3, -0.25) is 0 Å². The van der Waals surface area contributed by atoms with Gasteiger partial charge in [-0.25, -0.2) is 4.39 Å². The summed E-state index contributed by atoms with van der Waals surface area (Å²) in [6.45, 7) is 0.318. The molecule has 0 heterocycles. The molecule has 0 bridgehead atoms. The van der Waals surface area contributed by atoms with Gasteiger partial charge in [0.1, 0.15) is 12.4 Å². The molecular formula is C14H13FO2. The second-order valence-electron chi connectivity index (χ2n) is 3.57. The van der Waals surface area contributed by atoms with Crippen molar-refractivity contribution in [3.8, 4) is 11.5 Å². The summed E-state index contributed by atoms with van der Waals surface area (Å²) in [5, 5.41) is 0. The number of methoxy groups -OCH3 is 1. The fourth-order valence-corrected chi connectivity index (χ4v) is 1.49. The molecule has 0 aromatic heterocycles. The lowest BCUT2D eigenvalue weighted by Crippen LogP contribution is -1.97. The van der Waals surface area contributed by atoms with Crippen LogP contribution in [0.2, 0.25) is 0 Å². The van der Waals surface area contributed by atoms with Crippen LogP contribution in [-0.2, 0) is 6.61 Å². The van der Waals surface area contributed by atoms with Crippen molar-refractivity contribution in [1.82, 2.24) is 0 Å². The summed E-state index contributed by atoms with van der Waals surface area (Å²) in [5.41, 5.74) is 0.938. The highest BCUT2D eigenvalue weighted by atomic mass is 19.1. The van der Waals surface area contributed by atoms with Gasteiger partial charge in [-0.2, -0.15) is 0 Å². The number of ether oxygens (including phenoxy) is 2. The van der Waals surface area contributed by atoms with Gasteiger partial charge in [0.05, 0.1) is 7.11 Å². The van der Waals surface area contributed by atoms with Gasteiger partial charge in [0.25, 0.3) is 0 Å². The van der Waals surface area contributed by atoms with E-state index in [0.29, 0.717) is 6.61 Å². The molecule has 2 aromatic carbocycles. The van der Waals surface area contributed by atoms with E-state index in [4.69, 9.17) is 9.47 Å². The Morgan fingerprint density at radius 3 is 2.65 bits per heavy atom. The Bertz CT molecular complexity index is 497. The lowest BCUT2D eigenvalue weighted by Gasteiger charge is -2.08. The van der Waals surface area contributed by atoms with Crippen LogP contribution in [-0.4, -0.2) is 7.11 Å². The van der Waals surface area contributed by atoms with E-state index < -0.39 is 0 Å². The number of halogens is 1. The third kappa shape index (κ3) is 2.97. The van der Waals surface area contributed by atoms with Crippen molar-refractivity contribution >= 4 is 0 Å². The Hall–Kier alpha value is -2.03. The number of para-hydroxylation sites is 1. The SMILES string of the molecule is COc1cccc(COc2ccccc2F)c1. The summed E-state index contributed by atoms with van der Waals surface area (Å²) in [6.07, 6.45) is 0. The smallest absolute Gasteiger partial charge is 0.165 e. The Balaban J connectivity index is 2.05. The first kappa shape index (κ1) is 11.5. The third-order valence-electron chi connectivity index (χ3n) is 2.37. The van der Waals surface area contributed by atoms with E-state index in [9.17, 15) is 4.39 Å². The number of benzene rings is 2. The molecule has 3 heteroatoms. The van der Waals surface area contributed by atoms with E-state index in [2.05, 4.69) is 0 Å². The first-order chi connectivity index (χ1) is 8.29. The summed E-state index contributed by atoms with van der Waals surface area (Å²) in [7, 11) is 1.61. The van der Waals surface area contributed by atoms with E-state index in [-0.39, 0.29) is 11.6 Å². The van der Waals surface area contributed by atoms with Crippen LogP contribution in [0.15, 0.2) is 48.5 Å². The van der Waals surface area contributed by atoms with Crippen LogP contribution in [0.1, 0.15) is 5.56 Å².